The van der Waals surface area contributed by atoms with Crippen molar-refractivity contribution in [3.05, 3.63) is 35.9 Å². The van der Waals surface area contributed by atoms with E-state index in [-0.39, 0.29) is 13.0 Å². The number of nitrogens with one attached hydrogen (secondary N) is 1. The Kier molecular flexibility index (Phi) is 6.20. The molecule has 27 heavy (non-hydrogen) atoms. The first-order valence-corrected chi connectivity index (χ1v) is 8.64. The topological polar surface area (TPSA) is 102 Å². The van der Waals surface area contributed by atoms with E-state index in [1.54, 1.807) is 32.9 Å². The van der Waals surface area contributed by atoms with Crippen molar-refractivity contribution in [1.29, 1.82) is 0 Å². The normalized spacial score (nSPS) is 17.6. The van der Waals surface area contributed by atoms with E-state index in [9.17, 15) is 19.2 Å². The molecule has 8 heteroatoms. The number of esters is 1. The van der Waals surface area contributed by atoms with Crippen molar-refractivity contribution < 1.29 is 28.7 Å². The van der Waals surface area contributed by atoms with Crippen LogP contribution in [0.5, 0.6) is 0 Å². The molecule has 0 saturated carbocycles. The smallest absolute Gasteiger partial charge is 0.408 e. The highest BCUT2D eigenvalue weighted by Crippen LogP contribution is 2.22. The molecule has 3 amide bonds. The first kappa shape index (κ1) is 20.4. The number of likely N-dealkylation sites (tertiary alicyclic amines) is 1. The number of ether oxygens (including phenoxy) is 2. The maximum absolute atomic E-state index is 12.5. The van der Waals surface area contributed by atoms with Gasteiger partial charge < -0.3 is 14.8 Å². The largest absolute Gasteiger partial charge is 0.459 e. The number of carbonyl (C=O) groups is 4. The Morgan fingerprint density at radius 1 is 1.22 bits per heavy atom. The van der Waals surface area contributed by atoms with Crippen molar-refractivity contribution in [1.82, 2.24) is 10.2 Å². The van der Waals surface area contributed by atoms with Crippen LogP contribution in [0.2, 0.25) is 0 Å². The fourth-order valence-electron chi connectivity index (χ4n) is 2.46. The number of carbonyl (C=O) groups excluding carboxylic acids is 4. The van der Waals surface area contributed by atoms with E-state index in [1.807, 2.05) is 18.2 Å². The van der Waals surface area contributed by atoms with Crippen LogP contribution in [0.25, 0.3) is 0 Å². The third-order valence-electron chi connectivity index (χ3n) is 3.79. The van der Waals surface area contributed by atoms with Gasteiger partial charge in [0, 0.05) is 0 Å². The number of hydrogen-bond acceptors (Lipinski definition) is 6. The van der Waals surface area contributed by atoms with E-state index in [2.05, 4.69) is 5.32 Å². The quantitative estimate of drug-likeness (QED) is 0.621. The number of alkyl carbamates (subject to hydrolysis) is 1. The molecule has 1 aromatic rings. The molecule has 2 rings (SSSR count). The highest BCUT2D eigenvalue weighted by molar-refractivity contribution is 6.08. The molecular weight excluding hydrogens is 352 g/mol. The number of β-lactam (4-membered cyclic amide) rings is 1. The molecule has 1 fully saturated rings. The monoisotopic (exact) mass is 376 g/mol. The second-order valence-electron chi connectivity index (χ2n) is 7.28. The first-order chi connectivity index (χ1) is 12.6. The van der Waals surface area contributed by atoms with Crippen molar-refractivity contribution >= 4 is 23.9 Å². The van der Waals surface area contributed by atoms with Crippen LogP contribution in [0.15, 0.2) is 30.3 Å². The molecule has 0 aromatic heterocycles. The van der Waals surface area contributed by atoms with E-state index in [0.29, 0.717) is 0 Å². The molecule has 0 radical (unpaired) electrons. The molecule has 0 aliphatic carbocycles. The Hall–Kier alpha value is -2.90. The molecule has 0 bridgehead atoms. The Bertz CT molecular complexity index is 725. The SMILES string of the molecule is C[C@H](NC(=O)OC(C)(C)C)C(=O)N1C(=O)C[C@H]1C(=O)OCc1ccccc1. The van der Waals surface area contributed by atoms with Gasteiger partial charge in [0.25, 0.3) is 5.91 Å². The average Bonchev–Trinajstić information content (AvgIpc) is 2.56. The van der Waals surface area contributed by atoms with Gasteiger partial charge in [0.05, 0.1) is 6.42 Å². The fourth-order valence-corrected chi connectivity index (χ4v) is 2.46. The number of benzene rings is 1. The van der Waals surface area contributed by atoms with Gasteiger partial charge in [-0.25, -0.2) is 9.59 Å². The predicted molar refractivity (Wildman–Crippen MR) is 95.3 cm³/mol. The summed E-state index contributed by atoms with van der Waals surface area (Å²) in [5, 5.41) is 2.37. The molecule has 1 aliphatic heterocycles. The molecule has 146 valence electrons. The molecule has 1 heterocycles. The van der Waals surface area contributed by atoms with Crippen LogP contribution in [-0.2, 0) is 30.5 Å². The van der Waals surface area contributed by atoms with Crippen LogP contribution < -0.4 is 5.32 Å². The third kappa shape index (κ3) is 5.54. The van der Waals surface area contributed by atoms with Crippen LogP contribution in [0.1, 0.15) is 39.7 Å². The molecule has 1 saturated heterocycles. The first-order valence-electron chi connectivity index (χ1n) is 8.64. The summed E-state index contributed by atoms with van der Waals surface area (Å²) in [6, 6.07) is 7.08. The van der Waals surface area contributed by atoms with Crippen LogP contribution in [0.4, 0.5) is 4.79 Å². The van der Waals surface area contributed by atoms with Gasteiger partial charge in [-0.3, -0.25) is 14.5 Å². The van der Waals surface area contributed by atoms with Gasteiger partial charge >= 0.3 is 12.1 Å². The van der Waals surface area contributed by atoms with E-state index in [1.165, 1.54) is 6.92 Å². The summed E-state index contributed by atoms with van der Waals surface area (Å²) in [5.74, 6) is -1.82. The summed E-state index contributed by atoms with van der Waals surface area (Å²) in [4.78, 5) is 49.1. The predicted octanol–water partition coefficient (Wildman–Crippen LogP) is 1.77. The number of rotatable bonds is 5. The lowest BCUT2D eigenvalue weighted by molar-refractivity contribution is -0.173. The molecule has 2 atom stereocenters. The molecular formula is C19H24N2O6. The van der Waals surface area contributed by atoms with Crippen LogP contribution in [-0.4, -0.2) is 46.5 Å². The van der Waals surface area contributed by atoms with E-state index < -0.39 is 41.6 Å². The van der Waals surface area contributed by atoms with Gasteiger partial charge in [-0.05, 0) is 33.3 Å². The summed E-state index contributed by atoms with van der Waals surface area (Å²) >= 11 is 0. The number of amides is 3. The maximum atomic E-state index is 12.5. The fraction of sp³-hybridized carbons (Fsp3) is 0.474. The highest BCUT2D eigenvalue weighted by atomic mass is 16.6. The van der Waals surface area contributed by atoms with Crippen molar-refractivity contribution in [2.24, 2.45) is 0 Å². The Morgan fingerprint density at radius 3 is 2.41 bits per heavy atom. The maximum Gasteiger partial charge on any atom is 0.408 e. The van der Waals surface area contributed by atoms with Crippen molar-refractivity contribution in [3.63, 3.8) is 0 Å². The minimum absolute atomic E-state index is 0.0537. The van der Waals surface area contributed by atoms with Gasteiger partial charge in [-0.15, -0.1) is 0 Å². The Balaban J connectivity index is 1.91. The van der Waals surface area contributed by atoms with Crippen LogP contribution in [0.3, 0.4) is 0 Å². The second-order valence-corrected chi connectivity index (χ2v) is 7.28. The molecule has 1 aliphatic rings. The van der Waals surface area contributed by atoms with Crippen molar-refractivity contribution in [2.45, 2.75) is 58.4 Å². The van der Waals surface area contributed by atoms with Crippen LogP contribution >= 0.6 is 0 Å². The van der Waals surface area contributed by atoms with Crippen molar-refractivity contribution in [3.8, 4) is 0 Å². The Labute approximate surface area is 157 Å². The van der Waals surface area contributed by atoms with Gasteiger partial charge in [-0.1, -0.05) is 30.3 Å². The lowest BCUT2D eigenvalue weighted by Gasteiger charge is -2.38. The second kappa shape index (κ2) is 8.20. The molecule has 0 spiro atoms. The third-order valence-corrected chi connectivity index (χ3v) is 3.79. The van der Waals surface area contributed by atoms with Gasteiger partial charge in [-0.2, -0.15) is 0 Å². The van der Waals surface area contributed by atoms with Gasteiger partial charge in [0.2, 0.25) is 5.91 Å². The minimum Gasteiger partial charge on any atom is -0.459 e. The number of nitrogens with zero attached hydrogens (tertiary/aromatic N) is 1. The van der Waals surface area contributed by atoms with E-state index in [4.69, 9.17) is 9.47 Å². The molecule has 0 unspecified atom stereocenters. The summed E-state index contributed by atoms with van der Waals surface area (Å²) < 4.78 is 10.3. The lowest BCUT2D eigenvalue weighted by atomic mass is 10.0. The van der Waals surface area contributed by atoms with Crippen molar-refractivity contribution in [2.75, 3.05) is 0 Å². The summed E-state index contributed by atoms with van der Waals surface area (Å²) in [7, 11) is 0. The van der Waals surface area contributed by atoms with Gasteiger partial charge in [0.1, 0.15) is 24.3 Å². The summed E-state index contributed by atoms with van der Waals surface area (Å²) in [5.41, 5.74) is 0.0813. The van der Waals surface area contributed by atoms with E-state index >= 15 is 0 Å². The Morgan fingerprint density at radius 2 is 1.85 bits per heavy atom. The minimum atomic E-state index is -1.02. The summed E-state index contributed by atoms with van der Waals surface area (Å²) in [6.07, 6.45) is -0.877. The zero-order chi connectivity index (χ0) is 20.2. The molecule has 1 aromatic carbocycles. The zero-order valence-electron chi connectivity index (χ0n) is 15.9. The lowest BCUT2D eigenvalue weighted by Crippen LogP contribution is -2.63. The number of hydrogen-bond donors (Lipinski definition) is 1. The van der Waals surface area contributed by atoms with E-state index in [0.717, 1.165) is 10.5 Å². The van der Waals surface area contributed by atoms with Gasteiger partial charge in [0.15, 0.2) is 0 Å². The highest BCUT2D eigenvalue weighted by Gasteiger charge is 2.47. The molecule has 8 nitrogen and oxygen atoms in total. The number of imide groups is 1. The summed E-state index contributed by atoms with van der Waals surface area (Å²) in [6.45, 7) is 6.55. The standard InChI is InChI=1S/C19H24N2O6/c1-12(20-18(25)27-19(2,3)4)16(23)21-14(10-15(21)22)17(24)26-11-13-8-6-5-7-9-13/h5-9,12,14H,10-11H2,1-4H3,(H,20,25)/t12-,14-/m0/s1. The van der Waals surface area contributed by atoms with Crippen LogP contribution in [0, 0.1) is 0 Å². The molecule has 1 N–H and O–H groups in total. The average molecular weight is 376 g/mol. The zero-order valence-corrected chi connectivity index (χ0v) is 15.9.